The predicted molar refractivity (Wildman–Crippen MR) is 74.5 cm³/mol. The van der Waals surface area contributed by atoms with Crippen molar-refractivity contribution in [3.05, 3.63) is 40.6 Å². The Hall–Kier alpha value is -1.33. The second-order valence-electron chi connectivity index (χ2n) is 3.63. The molecule has 0 aliphatic carbocycles. The fourth-order valence-electron chi connectivity index (χ4n) is 1.66. The van der Waals surface area contributed by atoms with E-state index in [4.69, 9.17) is 11.6 Å². The van der Waals surface area contributed by atoms with Crippen LogP contribution in [0.25, 0.3) is 10.9 Å². The van der Waals surface area contributed by atoms with E-state index >= 15 is 0 Å². The maximum atomic E-state index is 11.2. The van der Waals surface area contributed by atoms with Gasteiger partial charge in [0.1, 0.15) is 0 Å². The minimum absolute atomic E-state index is 0.139. The smallest absolute Gasteiger partial charge is 0.258 e. The monoisotopic (exact) mass is 282 g/mol. The van der Waals surface area contributed by atoms with Crippen molar-refractivity contribution in [2.45, 2.75) is 11.3 Å². The van der Waals surface area contributed by atoms with Crippen LogP contribution < -0.4 is 0 Å². The highest BCUT2D eigenvalue weighted by atomic mass is 35.5. The van der Waals surface area contributed by atoms with Crippen LogP contribution in [0.3, 0.4) is 0 Å². The molecule has 0 unspecified atom stereocenters. The molecule has 0 aliphatic rings. The lowest BCUT2D eigenvalue weighted by molar-refractivity contribution is -0.385. The Morgan fingerprint density at radius 2 is 2.22 bits per heavy atom. The Kier molecular flexibility index (Phi) is 4.38. The number of hydrogen-bond donors (Lipinski definition) is 0. The summed E-state index contributed by atoms with van der Waals surface area (Å²) in [5, 5.41) is 11.8. The van der Waals surface area contributed by atoms with Crippen molar-refractivity contribution in [2.24, 2.45) is 0 Å². The molecule has 18 heavy (non-hydrogen) atoms. The van der Waals surface area contributed by atoms with Gasteiger partial charge in [-0.05, 0) is 36.4 Å². The number of benzene rings is 1. The quantitative estimate of drug-likeness (QED) is 0.275. The Morgan fingerprint density at radius 3 is 2.94 bits per heavy atom. The van der Waals surface area contributed by atoms with Crippen LogP contribution in [0.5, 0.6) is 0 Å². The Labute approximate surface area is 114 Å². The first kappa shape index (κ1) is 13.1. The number of nitro groups is 1. The second kappa shape index (κ2) is 6.02. The molecule has 0 saturated heterocycles. The molecule has 94 valence electrons. The van der Waals surface area contributed by atoms with Gasteiger partial charge in [-0.1, -0.05) is 0 Å². The second-order valence-corrected chi connectivity index (χ2v) is 5.15. The summed E-state index contributed by atoms with van der Waals surface area (Å²) in [6.07, 6.45) is 2.46. The molecule has 0 N–H and O–H groups in total. The van der Waals surface area contributed by atoms with Gasteiger partial charge < -0.3 is 0 Å². The topological polar surface area (TPSA) is 56.0 Å². The third-order valence-corrected chi connectivity index (χ3v) is 3.84. The lowest BCUT2D eigenvalue weighted by atomic mass is 10.2. The first-order chi connectivity index (χ1) is 8.74. The minimum atomic E-state index is -0.340. The van der Waals surface area contributed by atoms with Crippen molar-refractivity contribution in [3.8, 4) is 0 Å². The molecule has 2 rings (SSSR count). The van der Waals surface area contributed by atoms with E-state index in [1.165, 1.54) is 11.8 Å². The van der Waals surface area contributed by atoms with Crippen molar-refractivity contribution in [1.29, 1.82) is 0 Å². The maximum absolute atomic E-state index is 11.2. The molecule has 4 nitrogen and oxygen atoms in total. The van der Waals surface area contributed by atoms with Gasteiger partial charge in [0.25, 0.3) is 5.69 Å². The van der Waals surface area contributed by atoms with Crippen molar-refractivity contribution in [3.63, 3.8) is 0 Å². The molecule has 0 bridgehead atoms. The standard InChI is InChI=1S/C12H11ClN2O2S/c13-6-2-8-18-11-5-4-10-9(3-1-7-14-10)12(11)15(16)17/h1,3-5,7H,2,6,8H2. The number of pyridine rings is 1. The van der Waals surface area contributed by atoms with Crippen molar-refractivity contribution >= 4 is 40.0 Å². The number of alkyl halides is 1. The number of hydrogen-bond acceptors (Lipinski definition) is 4. The number of nitrogens with zero attached hydrogens (tertiary/aromatic N) is 2. The van der Waals surface area contributed by atoms with Crippen LogP contribution in [0.1, 0.15) is 6.42 Å². The highest BCUT2D eigenvalue weighted by Crippen LogP contribution is 2.35. The summed E-state index contributed by atoms with van der Waals surface area (Å²) in [7, 11) is 0. The van der Waals surface area contributed by atoms with E-state index in [-0.39, 0.29) is 10.6 Å². The van der Waals surface area contributed by atoms with Gasteiger partial charge in [0.15, 0.2) is 0 Å². The van der Waals surface area contributed by atoms with Crippen LogP contribution in [-0.4, -0.2) is 21.5 Å². The molecule has 1 aromatic carbocycles. The Balaban J connectivity index is 2.46. The average Bonchev–Trinajstić information content (AvgIpc) is 2.38. The molecule has 0 fully saturated rings. The Morgan fingerprint density at radius 1 is 1.39 bits per heavy atom. The van der Waals surface area contributed by atoms with Crippen LogP contribution in [0.2, 0.25) is 0 Å². The zero-order valence-electron chi connectivity index (χ0n) is 9.51. The molecule has 0 aliphatic heterocycles. The van der Waals surface area contributed by atoms with E-state index in [1.807, 2.05) is 6.07 Å². The fourth-order valence-corrected chi connectivity index (χ4v) is 2.94. The zero-order chi connectivity index (χ0) is 13.0. The highest BCUT2D eigenvalue weighted by Gasteiger charge is 2.18. The van der Waals surface area contributed by atoms with Gasteiger partial charge >= 0.3 is 0 Å². The van der Waals surface area contributed by atoms with Crippen LogP contribution in [0.15, 0.2) is 35.4 Å². The fraction of sp³-hybridized carbons (Fsp3) is 0.250. The van der Waals surface area contributed by atoms with Gasteiger partial charge in [-0.25, -0.2) is 0 Å². The molecule has 0 amide bonds. The summed E-state index contributed by atoms with van der Waals surface area (Å²) in [6, 6.07) is 7.01. The first-order valence-electron chi connectivity index (χ1n) is 5.45. The van der Waals surface area contributed by atoms with E-state index in [2.05, 4.69) is 4.98 Å². The minimum Gasteiger partial charge on any atom is -0.258 e. The van der Waals surface area contributed by atoms with Gasteiger partial charge in [-0.3, -0.25) is 15.1 Å². The number of nitro benzene ring substituents is 1. The molecule has 0 spiro atoms. The summed E-state index contributed by atoms with van der Waals surface area (Å²) in [5.41, 5.74) is 0.783. The van der Waals surface area contributed by atoms with Gasteiger partial charge in [0.05, 0.1) is 20.7 Å². The number of rotatable bonds is 5. The summed E-state index contributed by atoms with van der Waals surface area (Å²) in [5.74, 6) is 1.34. The average molecular weight is 283 g/mol. The number of thioether (sulfide) groups is 1. The van der Waals surface area contributed by atoms with Crippen molar-refractivity contribution in [1.82, 2.24) is 4.98 Å². The van der Waals surface area contributed by atoms with Crippen molar-refractivity contribution in [2.75, 3.05) is 11.6 Å². The number of fused-ring (bicyclic) bond motifs is 1. The predicted octanol–water partition coefficient (Wildman–Crippen LogP) is 3.86. The molecule has 0 atom stereocenters. The number of aromatic nitrogens is 1. The van der Waals surface area contributed by atoms with Crippen LogP contribution in [-0.2, 0) is 0 Å². The zero-order valence-corrected chi connectivity index (χ0v) is 11.1. The highest BCUT2D eigenvalue weighted by molar-refractivity contribution is 7.99. The van der Waals surface area contributed by atoms with Gasteiger partial charge in [-0.2, -0.15) is 0 Å². The molecule has 6 heteroatoms. The molecular formula is C12H11ClN2O2S. The SMILES string of the molecule is O=[N+]([O-])c1c(SCCCCl)ccc2ncccc12. The lowest BCUT2D eigenvalue weighted by Crippen LogP contribution is -1.94. The van der Waals surface area contributed by atoms with E-state index in [0.29, 0.717) is 21.7 Å². The number of halogens is 1. The Bertz CT molecular complexity index is 577. The first-order valence-corrected chi connectivity index (χ1v) is 6.97. The van der Waals surface area contributed by atoms with Crippen molar-refractivity contribution < 1.29 is 4.92 Å². The van der Waals surface area contributed by atoms with E-state index in [1.54, 1.807) is 24.4 Å². The molecule has 1 aromatic heterocycles. The summed E-state index contributed by atoms with van der Waals surface area (Å²) in [4.78, 5) is 15.7. The lowest BCUT2D eigenvalue weighted by Gasteiger charge is -2.05. The largest absolute Gasteiger partial charge is 0.292 e. The van der Waals surface area contributed by atoms with E-state index in [0.717, 1.165) is 12.2 Å². The molecule has 1 heterocycles. The van der Waals surface area contributed by atoms with E-state index < -0.39 is 0 Å². The third kappa shape index (κ3) is 2.73. The molecule has 0 saturated carbocycles. The normalized spacial score (nSPS) is 10.7. The van der Waals surface area contributed by atoms with Crippen LogP contribution >= 0.6 is 23.4 Å². The maximum Gasteiger partial charge on any atom is 0.292 e. The molecule has 2 aromatic rings. The third-order valence-electron chi connectivity index (χ3n) is 2.44. The van der Waals surface area contributed by atoms with Crippen LogP contribution in [0.4, 0.5) is 5.69 Å². The summed E-state index contributed by atoms with van der Waals surface area (Å²) < 4.78 is 0. The van der Waals surface area contributed by atoms with Gasteiger partial charge in [0, 0.05) is 12.1 Å². The van der Waals surface area contributed by atoms with Gasteiger partial charge in [0.2, 0.25) is 0 Å². The van der Waals surface area contributed by atoms with E-state index in [9.17, 15) is 10.1 Å². The molecular weight excluding hydrogens is 272 g/mol. The summed E-state index contributed by atoms with van der Waals surface area (Å²) in [6.45, 7) is 0. The molecule has 0 radical (unpaired) electrons. The van der Waals surface area contributed by atoms with Crippen LogP contribution in [0, 0.1) is 10.1 Å². The van der Waals surface area contributed by atoms with Gasteiger partial charge in [-0.15, -0.1) is 23.4 Å². The summed E-state index contributed by atoms with van der Waals surface area (Å²) >= 11 is 7.07.